The summed E-state index contributed by atoms with van der Waals surface area (Å²) < 4.78 is 0. The molecule has 2 aromatic rings. The molecule has 0 saturated carbocycles. The molecule has 0 fully saturated rings. The first kappa shape index (κ1) is 10.6. The van der Waals surface area contributed by atoms with Gasteiger partial charge in [0.25, 0.3) is 0 Å². The topological polar surface area (TPSA) is 25.8 Å². The molecule has 0 aromatic carbocycles. The van der Waals surface area contributed by atoms with Crippen LogP contribution in [0.3, 0.4) is 0 Å². The van der Waals surface area contributed by atoms with Gasteiger partial charge in [-0.2, -0.15) is 0 Å². The Labute approximate surface area is 85.0 Å². The summed E-state index contributed by atoms with van der Waals surface area (Å²) in [4.78, 5) is 8.36. The standard InChI is InChI=1S/C10H10N2.C2H6/c1-2-10-5-9-6-11-4-3-8(9)7-12-10;1-2/h3-7H,2H2,1H3;1-2H3. The fraction of sp³-hybridized carbons (Fsp3) is 0.333. The highest BCUT2D eigenvalue weighted by Crippen LogP contribution is 2.11. The van der Waals surface area contributed by atoms with E-state index < -0.39 is 0 Å². The van der Waals surface area contributed by atoms with Gasteiger partial charge in [-0.25, -0.2) is 0 Å². The number of nitrogens with zero attached hydrogens (tertiary/aromatic N) is 2. The van der Waals surface area contributed by atoms with E-state index in [1.807, 2.05) is 32.3 Å². The number of hydrogen-bond donors (Lipinski definition) is 0. The van der Waals surface area contributed by atoms with Crippen molar-refractivity contribution in [2.24, 2.45) is 0 Å². The average molecular weight is 188 g/mol. The minimum atomic E-state index is 0.977. The highest BCUT2D eigenvalue weighted by molar-refractivity contribution is 5.80. The number of hydrogen-bond acceptors (Lipinski definition) is 2. The monoisotopic (exact) mass is 188 g/mol. The van der Waals surface area contributed by atoms with Crippen LogP contribution < -0.4 is 0 Å². The first-order valence-electron chi connectivity index (χ1n) is 5.09. The van der Waals surface area contributed by atoms with Gasteiger partial charge in [-0.1, -0.05) is 20.8 Å². The molecule has 14 heavy (non-hydrogen) atoms. The molecule has 0 spiro atoms. The van der Waals surface area contributed by atoms with Gasteiger partial charge in [0.05, 0.1) is 0 Å². The van der Waals surface area contributed by atoms with E-state index in [-0.39, 0.29) is 0 Å². The summed E-state index contributed by atoms with van der Waals surface area (Å²) in [6.07, 6.45) is 6.53. The lowest BCUT2D eigenvalue weighted by molar-refractivity contribution is 1.04. The molecular formula is C12H16N2. The van der Waals surface area contributed by atoms with Crippen molar-refractivity contribution < 1.29 is 0 Å². The normalized spacial score (nSPS) is 9.36. The van der Waals surface area contributed by atoms with E-state index in [9.17, 15) is 0 Å². The van der Waals surface area contributed by atoms with E-state index in [0.29, 0.717) is 0 Å². The van der Waals surface area contributed by atoms with Gasteiger partial charge in [0.1, 0.15) is 0 Å². The predicted molar refractivity (Wildman–Crippen MR) is 60.3 cm³/mol. The van der Waals surface area contributed by atoms with Gasteiger partial charge in [-0.15, -0.1) is 0 Å². The lowest BCUT2D eigenvalue weighted by Crippen LogP contribution is -1.86. The molecule has 0 bridgehead atoms. The van der Waals surface area contributed by atoms with Crippen molar-refractivity contribution in [3.63, 3.8) is 0 Å². The van der Waals surface area contributed by atoms with Crippen LogP contribution in [0.1, 0.15) is 26.5 Å². The van der Waals surface area contributed by atoms with E-state index in [1.165, 1.54) is 5.39 Å². The highest BCUT2D eigenvalue weighted by atomic mass is 14.7. The van der Waals surface area contributed by atoms with E-state index in [2.05, 4.69) is 23.0 Å². The zero-order chi connectivity index (χ0) is 10.4. The number of rotatable bonds is 1. The Balaban J connectivity index is 0.000000461. The zero-order valence-electron chi connectivity index (χ0n) is 8.99. The second-order valence-corrected chi connectivity index (χ2v) is 2.75. The second-order valence-electron chi connectivity index (χ2n) is 2.75. The lowest BCUT2D eigenvalue weighted by atomic mass is 10.2. The fourth-order valence-corrected chi connectivity index (χ4v) is 1.22. The highest BCUT2D eigenvalue weighted by Gasteiger charge is 1.94. The van der Waals surface area contributed by atoms with Crippen molar-refractivity contribution in [1.82, 2.24) is 9.97 Å². The molecule has 74 valence electrons. The molecule has 0 saturated heterocycles. The van der Waals surface area contributed by atoms with Crippen LogP contribution in [0.5, 0.6) is 0 Å². The number of pyridine rings is 2. The minimum Gasteiger partial charge on any atom is -0.264 e. The fourth-order valence-electron chi connectivity index (χ4n) is 1.22. The molecule has 0 aliphatic heterocycles. The maximum atomic E-state index is 4.30. The van der Waals surface area contributed by atoms with Crippen molar-refractivity contribution in [3.8, 4) is 0 Å². The van der Waals surface area contributed by atoms with Crippen LogP contribution in [0, 0.1) is 0 Å². The van der Waals surface area contributed by atoms with Gasteiger partial charge in [-0.3, -0.25) is 9.97 Å². The SMILES string of the molecule is CC.CCc1cc2cnccc2cn1. The van der Waals surface area contributed by atoms with Crippen molar-refractivity contribution in [1.29, 1.82) is 0 Å². The van der Waals surface area contributed by atoms with Crippen LogP contribution in [-0.4, -0.2) is 9.97 Å². The molecule has 0 aliphatic rings. The largest absolute Gasteiger partial charge is 0.264 e. The number of aromatic nitrogens is 2. The van der Waals surface area contributed by atoms with Crippen molar-refractivity contribution in [2.45, 2.75) is 27.2 Å². The van der Waals surface area contributed by atoms with Crippen LogP contribution >= 0.6 is 0 Å². The van der Waals surface area contributed by atoms with E-state index in [0.717, 1.165) is 17.5 Å². The summed E-state index contributed by atoms with van der Waals surface area (Å²) in [6, 6.07) is 4.06. The molecule has 2 aromatic heterocycles. The first-order chi connectivity index (χ1) is 6.90. The van der Waals surface area contributed by atoms with Gasteiger partial charge in [-0.05, 0) is 18.6 Å². The van der Waals surface area contributed by atoms with E-state index in [1.54, 1.807) is 6.20 Å². The third kappa shape index (κ3) is 2.28. The molecule has 0 N–H and O–H groups in total. The molecule has 0 amide bonds. The lowest BCUT2D eigenvalue weighted by Gasteiger charge is -1.98. The average Bonchev–Trinajstić information content (AvgIpc) is 2.31. The summed E-state index contributed by atoms with van der Waals surface area (Å²) in [5.74, 6) is 0. The molecule has 0 unspecified atom stereocenters. The second kappa shape index (κ2) is 5.32. The Morgan fingerprint density at radius 3 is 2.64 bits per heavy atom. The van der Waals surface area contributed by atoms with Gasteiger partial charge in [0, 0.05) is 35.1 Å². The molecule has 2 heterocycles. The molecular weight excluding hydrogens is 172 g/mol. The summed E-state index contributed by atoms with van der Waals surface area (Å²) in [6.45, 7) is 6.10. The van der Waals surface area contributed by atoms with Gasteiger partial charge in [0.2, 0.25) is 0 Å². The Bertz CT molecular complexity index is 396. The third-order valence-corrected chi connectivity index (χ3v) is 1.94. The maximum Gasteiger partial charge on any atom is 0.0407 e. The van der Waals surface area contributed by atoms with Crippen LogP contribution in [0.4, 0.5) is 0 Å². The summed E-state index contributed by atoms with van der Waals surface area (Å²) in [5, 5.41) is 2.33. The van der Waals surface area contributed by atoms with Crippen molar-refractivity contribution in [2.75, 3.05) is 0 Å². The summed E-state index contributed by atoms with van der Waals surface area (Å²) in [5.41, 5.74) is 1.12. The van der Waals surface area contributed by atoms with Gasteiger partial charge >= 0.3 is 0 Å². The first-order valence-corrected chi connectivity index (χ1v) is 5.09. The van der Waals surface area contributed by atoms with E-state index in [4.69, 9.17) is 0 Å². The van der Waals surface area contributed by atoms with Crippen LogP contribution in [-0.2, 0) is 6.42 Å². The molecule has 0 aliphatic carbocycles. The molecule has 0 atom stereocenters. The molecule has 2 heteroatoms. The Morgan fingerprint density at radius 2 is 1.93 bits per heavy atom. The summed E-state index contributed by atoms with van der Waals surface area (Å²) >= 11 is 0. The van der Waals surface area contributed by atoms with Crippen molar-refractivity contribution in [3.05, 3.63) is 36.4 Å². The third-order valence-electron chi connectivity index (χ3n) is 1.94. The molecule has 2 nitrogen and oxygen atoms in total. The van der Waals surface area contributed by atoms with Crippen LogP contribution in [0.15, 0.2) is 30.7 Å². The van der Waals surface area contributed by atoms with E-state index >= 15 is 0 Å². The minimum absolute atomic E-state index is 0.977. The number of fused-ring (bicyclic) bond motifs is 1. The maximum absolute atomic E-state index is 4.30. The quantitative estimate of drug-likeness (QED) is 0.686. The Kier molecular flexibility index (Phi) is 4.05. The predicted octanol–water partition coefficient (Wildman–Crippen LogP) is 3.22. The van der Waals surface area contributed by atoms with Crippen LogP contribution in [0.2, 0.25) is 0 Å². The summed E-state index contributed by atoms with van der Waals surface area (Å²) in [7, 11) is 0. The Morgan fingerprint density at radius 1 is 1.14 bits per heavy atom. The Hall–Kier alpha value is -1.44. The number of aryl methyl sites for hydroxylation is 1. The van der Waals surface area contributed by atoms with Crippen LogP contribution in [0.25, 0.3) is 10.8 Å². The van der Waals surface area contributed by atoms with Crippen molar-refractivity contribution >= 4 is 10.8 Å². The molecule has 2 rings (SSSR count). The zero-order valence-corrected chi connectivity index (χ0v) is 8.99. The smallest absolute Gasteiger partial charge is 0.0407 e. The molecule has 0 radical (unpaired) electrons. The van der Waals surface area contributed by atoms with Gasteiger partial charge < -0.3 is 0 Å². The van der Waals surface area contributed by atoms with Gasteiger partial charge in [0.15, 0.2) is 0 Å².